The fourth-order valence-corrected chi connectivity index (χ4v) is 2.77. The number of nitrogens with one attached hydrogen (secondary N) is 1. The van der Waals surface area contributed by atoms with E-state index < -0.39 is 12.1 Å². The number of ether oxygens (including phenoxy) is 4. The van der Waals surface area contributed by atoms with Crippen LogP contribution in [-0.2, 0) is 9.53 Å². The first-order chi connectivity index (χ1) is 12.6. The first-order valence-corrected chi connectivity index (χ1v) is 7.85. The van der Waals surface area contributed by atoms with Crippen molar-refractivity contribution in [1.82, 2.24) is 0 Å². The van der Waals surface area contributed by atoms with Gasteiger partial charge in [-0.2, -0.15) is 0 Å². The molecule has 1 aliphatic rings. The van der Waals surface area contributed by atoms with Gasteiger partial charge in [-0.1, -0.05) is 12.1 Å². The minimum absolute atomic E-state index is 0.146. The molecule has 1 atom stereocenters. The van der Waals surface area contributed by atoms with E-state index in [0.29, 0.717) is 17.0 Å². The SMILES string of the molecule is COC(=O)/C=C1\Nc2ccccc2OC1c1ccc(OC)c(O)c1OC. The maximum absolute atomic E-state index is 11.8. The Hall–Kier alpha value is -3.35. The molecule has 0 spiro atoms. The molecule has 0 amide bonds. The summed E-state index contributed by atoms with van der Waals surface area (Å²) in [5.41, 5.74) is 1.71. The summed E-state index contributed by atoms with van der Waals surface area (Å²) in [4.78, 5) is 11.8. The second-order valence-electron chi connectivity index (χ2n) is 5.48. The lowest BCUT2D eigenvalue weighted by atomic mass is 10.0. The van der Waals surface area contributed by atoms with Gasteiger partial charge in [0, 0.05) is 11.6 Å². The number of hydrogen-bond acceptors (Lipinski definition) is 7. The molecule has 2 aromatic rings. The van der Waals surface area contributed by atoms with Crippen LogP contribution in [0, 0.1) is 0 Å². The number of anilines is 1. The van der Waals surface area contributed by atoms with Gasteiger partial charge in [0.05, 0.1) is 32.7 Å². The Balaban J connectivity index is 2.13. The number of phenolic OH excluding ortho intramolecular Hbond substituents is 1. The highest BCUT2D eigenvalue weighted by atomic mass is 16.5. The van der Waals surface area contributed by atoms with Crippen LogP contribution in [0.5, 0.6) is 23.0 Å². The molecule has 0 saturated heterocycles. The predicted octanol–water partition coefficient (Wildman–Crippen LogP) is 3.01. The molecule has 1 heterocycles. The van der Waals surface area contributed by atoms with Gasteiger partial charge in [-0.05, 0) is 24.3 Å². The number of para-hydroxylation sites is 2. The number of fused-ring (bicyclic) bond motifs is 1. The van der Waals surface area contributed by atoms with E-state index in [2.05, 4.69) is 5.32 Å². The fourth-order valence-electron chi connectivity index (χ4n) is 2.77. The summed E-state index contributed by atoms with van der Waals surface area (Å²) < 4.78 is 21.3. The zero-order valence-electron chi connectivity index (χ0n) is 14.6. The van der Waals surface area contributed by atoms with Crippen LogP contribution in [0.4, 0.5) is 5.69 Å². The molecule has 7 nitrogen and oxygen atoms in total. The van der Waals surface area contributed by atoms with Crippen LogP contribution in [0.1, 0.15) is 11.7 Å². The Morgan fingerprint density at radius 2 is 1.92 bits per heavy atom. The van der Waals surface area contributed by atoms with Crippen LogP contribution in [0.3, 0.4) is 0 Å². The van der Waals surface area contributed by atoms with E-state index in [-0.39, 0.29) is 17.2 Å². The summed E-state index contributed by atoms with van der Waals surface area (Å²) in [5.74, 6) is 0.404. The second-order valence-corrected chi connectivity index (χ2v) is 5.48. The highest BCUT2D eigenvalue weighted by molar-refractivity contribution is 5.84. The largest absolute Gasteiger partial charge is 0.502 e. The zero-order valence-corrected chi connectivity index (χ0v) is 14.6. The Kier molecular flexibility index (Phi) is 4.88. The molecule has 0 saturated carbocycles. The van der Waals surface area contributed by atoms with E-state index in [4.69, 9.17) is 18.9 Å². The Labute approximate surface area is 150 Å². The quantitative estimate of drug-likeness (QED) is 0.642. The molecule has 7 heteroatoms. The minimum Gasteiger partial charge on any atom is -0.502 e. The molecular weight excluding hydrogens is 338 g/mol. The number of hydrogen-bond donors (Lipinski definition) is 2. The molecular formula is C19H19NO6. The van der Waals surface area contributed by atoms with E-state index in [0.717, 1.165) is 5.69 Å². The van der Waals surface area contributed by atoms with Gasteiger partial charge in [0.15, 0.2) is 17.6 Å². The van der Waals surface area contributed by atoms with E-state index in [1.54, 1.807) is 18.2 Å². The summed E-state index contributed by atoms with van der Waals surface area (Å²) in [7, 11) is 4.18. The van der Waals surface area contributed by atoms with Gasteiger partial charge in [-0.3, -0.25) is 0 Å². The number of phenols is 1. The third kappa shape index (κ3) is 3.11. The molecule has 136 valence electrons. The first kappa shape index (κ1) is 17.5. The minimum atomic E-state index is -0.712. The number of rotatable bonds is 4. The highest BCUT2D eigenvalue weighted by Crippen LogP contribution is 2.46. The maximum atomic E-state index is 11.8. The lowest BCUT2D eigenvalue weighted by Gasteiger charge is -2.31. The Morgan fingerprint density at radius 3 is 2.62 bits per heavy atom. The topological polar surface area (TPSA) is 86.3 Å². The van der Waals surface area contributed by atoms with Crippen molar-refractivity contribution in [2.24, 2.45) is 0 Å². The van der Waals surface area contributed by atoms with Gasteiger partial charge in [0.25, 0.3) is 0 Å². The number of carbonyl (C=O) groups excluding carboxylic acids is 1. The maximum Gasteiger partial charge on any atom is 0.332 e. The standard InChI is InChI=1S/C19H19NO6/c1-23-15-9-8-11(19(25-3)17(15)22)18-13(10-16(21)24-2)20-12-6-4-5-7-14(12)26-18/h4-10,18,20,22H,1-3H3/b13-10-. The monoisotopic (exact) mass is 357 g/mol. The number of carbonyl (C=O) groups is 1. The summed E-state index contributed by atoms with van der Waals surface area (Å²) in [6, 6.07) is 10.6. The van der Waals surface area contributed by atoms with Gasteiger partial charge in [-0.15, -0.1) is 0 Å². The van der Waals surface area contributed by atoms with Crippen LogP contribution in [-0.4, -0.2) is 32.4 Å². The molecule has 1 unspecified atom stereocenters. The average molecular weight is 357 g/mol. The molecule has 2 aromatic carbocycles. The second kappa shape index (κ2) is 7.26. The molecule has 0 aromatic heterocycles. The smallest absolute Gasteiger partial charge is 0.332 e. The van der Waals surface area contributed by atoms with Crippen molar-refractivity contribution in [3.63, 3.8) is 0 Å². The molecule has 3 rings (SSSR count). The molecule has 1 aliphatic heterocycles. The summed E-state index contributed by atoms with van der Waals surface area (Å²) in [6.45, 7) is 0. The number of methoxy groups -OCH3 is 3. The fraction of sp³-hybridized carbons (Fsp3) is 0.211. The number of aromatic hydroxyl groups is 1. The average Bonchev–Trinajstić information content (AvgIpc) is 2.67. The van der Waals surface area contributed by atoms with Crippen LogP contribution < -0.4 is 19.5 Å². The van der Waals surface area contributed by atoms with Gasteiger partial charge >= 0.3 is 5.97 Å². The van der Waals surface area contributed by atoms with E-state index in [1.165, 1.54) is 27.4 Å². The van der Waals surface area contributed by atoms with Crippen molar-refractivity contribution < 1.29 is 28.8 Å². The molecule has 0 aliphatic carbocycles. The third-order valence-electron chi connectivity index (χ3n) is 4.00. The highest BCUT2D eigenvalue weighted by Gasteiger charge is 2.31. The van der Waals surface area contributed by atoms with Crippen LogP contribution in [0.2, 0.25) is 0 Å². The van der Waals surface area contributed by atoms with Crippen molar-refractivity contribution in [1.29, 1.82) is 0 Å². The summed E-state index contributed by atoms with van der Waals surface area (Å²) in [6.07, 6.45) is 0.595. The molecule has 2 N–H and O–H groups in total. The predicted molar refractivity (Wildman–Crippen MR) is 94.7 cm³/mol. The van der Waals surface area contributed by atoms with E-state index in [1.807, 2.05) is 18.2 Å². The van der Waals surface area contributed by atoms with Gasteiger partial charge in [0.1, 0.15) is 5.75 Å². The van der Waals surface area contributed by atoms with Crippen molar-refractivity contribution in [3.05, 3.63) is 53.7 Å². The van der Waals surface area contributed by atoms with Crippen molar-refractivity contribution in [3.8, 4) is 23.0 Å². The number of esters is 1. The summed E-state index contributed by atoms with van der Waals surface area (Å²) >= 11 is 0. The van der Waals surface area contributed by atoms with E-state index in [9.17, 15) is 9.90 Å². The van der Waals surface area contributed by atoms with Crippen LogP contribution in [0.25, 0.3) is 0 Å². The van der Waals surface area contributed by atoms with Crippen molar-refractivity contribution >= 4 is 11.7 Å². The van der Waals surface area contributed by atoms with Crippen molar-refractivity contribution in [2.45, 2.75) is 6.10 Å². The summed E-state index contributed by atoms with van der Waals surface area (Å²) in [5, 5.41) is 13.5. The van der Waals surface area contributed by atoms with Crippen LogP contribution >= 0.6 is 0 Å². The first-order valence-electron chi connectivity index (χ1n) is 7.85. The third-order valence-corrected chi connectivity index (χ3v) is 4.00. The van der Waals surface area contributed by atoms with Gasteiger partial charge < -0.3 is 29.4 Å². The normalized spacial score (nSPS) is 16.9. The van der Waals surface area contributed by atoms with Crippen molar-refractivity contribution in [2.75, 3.05) is 26.6 Å². The zero-order chi connectivity index (χ0) is 18.7. The molecule has 0 fully saturated rings. The van der Waals surface area contributed by atoms with Crippen LogP contribution in [0.15, 0.2) is 48.2 Å². The lowest BCUT2D eigenvalue weighted by Crippen LogP contribution is -2.23. The number of benzene rings is 2. The Bertz CT molecular complexity index is 861. The van der Waals surface area contributed by atoms with Gasteiger partial charge in [0.2, 0.25) is 5.75 Å². The molecule has 0 radical (unpaired) electrons. The molecule has 26 heavy (non-hydrogen) atoms. The van der Waals surface area contributed by atoms with E-state index >= 15 is 0 Å². The lowest BCUT2D eigenvalue weighted by molar-refractivity contribution is -0.134. The molecule has 0 bridgehead atoms. The van der Waals surface area contributed by atoms with Gasteiger partial charge in [-0.25, -0.2) is 4.79 Å². The Morgan fingerprint density at radius 1 is 1.15 bits per heavy atom.